The van der Waals surface area contributed by atoms with Crippen molar-refractivity contribution >= 4 is 41.7 Å². The summed E-state index contributed by atoms with van der Waals surface area (Å²) in [4.78, 5) is 4.75. The topological polar surface area (TPSA) is 54.2 Å². The number of rotatable bonds is 7. The van der Waals surface area contributed by atoms with E-state index >= 15 is 0 Å². The van der Waals surface area contributed by atoms with E-state index in [1.54, 1.807) is 0 Å². The SMILES string of the molecule is CCNC(=NCC1(C)CCCS1)NCCCn1cccn1.I. The molecule has 22 heavy (non-hydrogen) atoms. The third-order valence-corrected chi connectivity index (χ3v) is 5.15. The van der Waals surface area contributed by atoms with E-state index in [1.807, 2.05) is 23.1 Å². The number of guanidine groups is 1. The minimum Gasteiger partial charge on any atom is -0.357 e. The summed E-state index contributed by atoms with van der Waals surface area (Å²) < 4.78 is 2.29. The normalized spacial score (nSPS) is 21.5. The van der Waals surface area contributed by atoms with Gasteiger partial charge in [0.25, 0.3) is 0 Å². The zero-order chi connectivity index (χ0) is 15.0. The second-order valence-electron chi connectivity index (χ2n) is 5.65. The van der Waals surface area contributed by atoms with Gasteiger partial charge in [0, 0.05) is 36.8 Å². The molecule has 5 nitrogen and oxygen atoms in total. The van der Waals surface area contributed by atoms with Crippen molar-refractivity contribution in [3.05, 3.63) is 18.5 Å². The first-order valence-electron chi connectivity index (χ1n) is 7.85. The summed E-state index contributed by atoms with van der Waals surface area (Å²) in [6.45, 7) is 8.08. The third kappa shape index (κ3) is 6.76. The number of halogens is 1. The van der Waals surface area contributed by atoms with Crippen molar-refractivity contribution in [2.75, 3.05) is 25.4 Å². The Morgan fingerprint density at radius 3 is 2.95 bits per heavy atom. The van der Waals surface area contributed by atoms with Gasteiger partial charge >= 0.3 is 0 Å². The Morgan fingerprint density at radius 2 is 2.32 bits per heavy atom. The average Bonchev–Trinajstić information content (AvgIpc) is 3.13. The Balaban J connectivity index is 0.00000242. The molecule has 2 rings (SSSR count). The zero-order valence-corrected chi connectivity index (χ0v) is 16.7. The van der Waals surface area contributed by atoms with Crippen LogP contribution in [-0.4, -0.2) is 45.9 Å². The zero-order valence-electron chi connectivity index (χ0n) is 13.5. The number of aliphatic imine (C=N–C) groups is 1. The van der Waals surface area contributed by atoms with Crippen molar-refractivity contribution < 1.29 is 0 Å². The molecule has 1 aromatic rings. The lowest BCUT2D eigenvalue weighted by atomic mass is 10.1. The smallest absolute Gasteiger partial charge is 0.191 e. The minimum absolute atomic E-state index is 0. The first-order valence-corrected chi connectivity index (χ1v) is 8.84. The number of aromatic nitrogens is 2. The van der Waals surface area contributed by atoms with Gasteiger partial charge in [-0.05, 0) is 44.9 Å². The second-order valence-corrected chi connectivity index (χ2v) is 7.33. The van der Waals surface area contributed by atoms with E-state index in [-0.39, 0.29) is 24.0 Å². The maximum absolute atomic E-state index is 4.75. The van der Waals surface area contributed by atoms with Gasteiger partial charge < -0.3 is 10.6 Å². The molecule has 1 unspecified atom stereocenters. The Kier molecular flexibility index (Phi) is 9.23. The number of hydrogen-bond acceptors (Lipinski definition) is 3. The molecule has 1 fully saturated rings. The molecular weight excluding hydrogens is 409 g/mol. The first-order chi connectivity index (χ1) is 10.2. The van der Waals surface area contributed by atoms with Crippen molar-refractivity contribution in [1.82, 2.24) is 20.4 Å². The van der Waals surface area contributed by atoms with Crippen LogP contribution in [0.4, 0.5) is 0 Å². The standard InChI is InChI=1S/C15H27N5S.HI/c1-3-16-14(18-13-15(2)7-4-12-21-15)17-8-5-10-20-11-6-9-19-20;/h6,9,11H,3-5,7-8,10,12-13H2,1-2H3,(H2,16,17,18);1H. The first kappa shape index (κ1) is 19.6. The van der Waals surface area contributed by atoms with Gasteiger partial charge in [-0.2, -0.15) is 16.9 Å². The van der Waals surface area contributed by atoms with E-state index in [9.17, 15) is 0 Å². The predicted molar refractivity (Wildman–Crippen MR) is 106 cm³/mol. The van der Waals surface area contributed by atoms with Gasteiger partial charge in [0.15, 0.2) is 5.96 Å². The van der Waals surface area contributed by atoms with Crippen molar-refractivity contribution in [2.45, 2.75) is 44.4 Å². The quantitative estimate of drug-likeness (QED) is 0.298. The molecule has 0 spiro atoms. The highest BCUT2D eigenvalue weighted by atomic mass is 127. The molecule has 2 N–H and O–H groups in total. The van der Waals surface area contributed by atoms with Crippen LogP contribution in [0.25, 0.3) is 0 Å². The molecule has 126 valence electrons. The Morgan fingerprint density at radius 1 is 1.45 bits per heavy atom. The fraction of sp³-hybridized carbons (Fsp3) is 0.733. The van der Waals surface area contributed by atoms with Gasteiger partial charge in [-0.1, -0.05) is 0 Å². The largest absolute Gasteiger partial charge is 0.357 e. The molecule has 7 heteroatoms. The lowest BCUT2D eigenvalue weighted by Crippen LogP contribution is -2.39. The maximum atomic E-state index is 4.75. The number of thioether (sulfide) groups is 1. The van der Waals surface area contributed by atoms with Crippen molar-refractivity contribution in [1.29, 1.82) is 0 Å². The minimum atomic E-state index is 0. The Labute approximate surface area is 155 Å². The van der Waals surface area contributed by atoms with Crippen LogP contribution in [0.3, 0.4) is 0 Å². The maximum Gasteiger partial charge on any atom is 0.191 e. The van der Waals surface area contributed by atoms with Crippen LogP contribution in [0.15, 0.2) is 23.5 Å². The summed E-state index contributed by atoms with van der Waals surface area (Å²) in [6, 6.07) is 1.96. The molecule has 1 saturated heterocycles. The van der Waals surface area contributed by atoms with Crippen LogP contribution in [-0.2, 0) is 6.54 Å². The average molecular weight is 437 g/mol. The summed E-state index contributed by atoms with van der Waals surface area (Å²) >= 11 is 2.06. The molecule has 0 saturated carbocycles. The summed E-state index contributed by atoms with van der Waals surface area (Å²) in [5, 5.41) is 10.9. The number of nitrogens with one attached hydrogen (secondary N) is 2. The monoisotopic (exact) mass is 437 g/mol. The van der Waals surface area contributed by atoms with E-state index in [4.69, 9.17) is 4.99 Å². The summed E-state index contributed by atoms with van der Waals surface area (Å²) in [5.74, 6) is 2.21. The van der Waals surface area contributed by atoms with Gasteiger partial charge in [0.2, 0.25) is 0 Å². The van der Waals surface area contributed by atoms with Crippen molar-refractivity contribution in [3.63, 3.8) is 0 Å². The lowest BCUT2D eigenvalue weighted by Gasteiger charge is -2.21. The molecule has 0 aliphatic carbocycles. The third-order valence-electron chi connectivity index (χ3n) is 3.63. The van der Waals surface area contributed by atoms with E-state index in [1.165, 1.54) is 18.6 Å². The highest BCUT2D eigenvalue weighted by Crippen LogP contribution is 2.37. The fourth-order valence-corrected chi connectivity index (χ4v) is 3.66. The van der Waals surface area contributed by atoms with E-state index in [0.717, 1.165) is 38.6 Å². The van der Waals surface area contributed by atoms with Crippen LogP contribution >= 0.6 is 35.7 Å². The Bertz CT molecular complexity index is 429. The fourth-order valence-electron chi connectivity index (χ4n) is 2.43. The van der Waals surface area contributed by atoms with E-state index < -0.39 is 0 Å². The summed E-state index contributed by atoms with van der Waals surface area (Å²) in [5.41, 5.74) is 0. The highest BCUT2D eigenvalue weighted by Gasteiger charge is 2.29. The second kappa shape index (κ2) is 10.4. The lowest BCUT2D eigenvalue weighted by molar-refractivity contribution is 0.568. The van der Waals surface area contributed by atoms with Gasteiger partial charge in [0.05, 0.1) is 6.54 Å². The highest BCUT2D eigenvalue weighted by molar-refractivity contribution is 14.0. The Hall–Kier alpha value is -0.440. The molecule has 0 bridgehead atoms. The molecule has 1 aliphatic heterocycles. The van der Waals surface area contributed by atoms with Crippen LogP contribution in [0.2, 0.25) is 0 Å². The number of aryl methyl sites for hydroxylation is 1. The molecule has 0 radical (unpaired) electrons. The van der Waals surface area contributed by atoms with Crippen molar-refractivity contribution in [2.24, 2.45) is 4.99 Å². The van der Waals surface area contributed by atoms with Gasteiger partial charge in [-0.15, -0.1) is 24.0 Å². The molecule has 2 heterocycles. The molecule has 0 aromatic carbocycles. The predicted octanol–water partition coefficient (Wildman–Crippen LogP) is 2.73. The van der Waals surface area contributed by atoms with Crippen LogP contribution in [0.5, 0.6) is 0 Å². The van der Waals surface area contributed by atoms with Crippen molar-refractivity contribution in [3.8, 4) is 0 Å². The van der Waals surface area contributed by atoms with Crippen LogP contribution in [0, 0.1) is 0 Å². The summed E-state index contributed by atoms with van der Waals surface area (Å²) in [7, 11) is 0. The molecule has 1 aliphatic rings. The number of nitrogens with zero attached hydrogens (tertiary/aromatic N) is 3. The van der Waals surface area contributed by atoms with Gasteiger partial charge in [-0.25, -0.2) is 0 Å². The molecule has 0 amide bonds. The van der Waals surface area contributed by atoms with Gasteiger partial charge in [0.1, 0.15) is 0 Å². The molecule has 1 atom stereocenters. The van der Waals surface area contributed by atoms with E-state index in [2.05, 4.69) is 41.3 Å². The van der Waals surface area contributed by atoms with Crippen LogP contribution in [0.1, 0.15) is 33.1 Å². The van der Waals surface area contributed by atoms with Gasteiger partial charge in [-0.3, -0.25) is 9.67 Å². The van der Waals surface area contributed by atoms with E-state index in [0.29, 0.717) is 4.75 Å². The van der Waals surface area contributed by atoms with Crippen LogP contribution < -0.4 is 10.6 Å². The molecular formula is C15H28IN5S. The summed E-state index contributed by atoms with van der Waals surface area (Å²) in [6.07, 6.45) is 7.46. The molecule has 1 aromatic heterocycles. The number of hydrogen-bond donors (Lipinski definition) is 2.